The monoisotopic (exact) mass is 300 g/mol. The SMILES string of the molecule is C=CC(=O)N1[C@H](C)COC[C@H]1c1cc(Cl)nc(Cl)c1. The summed E-state index contributed by atoms with van der Waals surface area (Å²) in [4.78, 5) is 17.6. The van der Waals surface area contributed by atoms with Gasteiger partial charge in [0.15, 0.2) is 0 Å². The molecule has 0 aliphatic carbocycles. The summed E-state index contributed by atoms with van der Waals surface area (Å²) in [5, 5.41) is 0.596. The fraction of sp³-hybridized carbons (Fsp3) is 0.385. The van der Waals surface area contributed by atoms with Crippen molar-refractivity contribution in [2.45, 2.75) is 19.0 Å². The van der Waals surface area contributed by atoms with E-state index < -0.39 is 0 Å². The normalized spacial score (nSPS) is 23.2. The minimum Gasteiger partial charge on any atom is -0.377 e. The smallest absolute Gasteiger partial charge is 0.246 e. The van der Waals surface area contributed by atoms with E-state index in [0.717, 1.165) is 5.56 Å². The van der Waals surface area contributed by atoms with Crippen LogP contribution in [-0.2, 0) is 9.53 Å². The van der Waals surface area contributed by atoms with Gasteiger partial charge >= 0.3 is 0 Å². The van der Waals surface area contributed by atoms with Crippen LogP contribution in [0, 0.1) is 0 Å². The molecule has 1 aliphatic rings. The van der Waals surface area contributed by atoms with Crippen molar-refractivity contribution in [1.29, 1.82) is 0 Å². The second kappa shape index (κ2) is 5.90. The summed E-state index contributed by atoms with van der Waals surface area (Å²) < 4.78 is 5.52. The Hall–Kier alpha value is -1.10. The zero-order valence-corrected chi connectivity index (χ0v) is 12.0. The van der Waals surface area contributed by atoms with Gasteiger partial charge in [-0.1, -0.05) is 29.8 Å². The lowest BCUT2D eigenvalue weighted by molar-refractivity contribution is -0.140. The molecule has 0 spiro atoms. The minimum atomic E-state index is -0.229. The van der Waals surface area contributed by atoms with Crippen molar-refractivity contribution in [2.24, 2.45) is 0 Å². The first-order valence-electron chi connectivity index (χ1n) is 5.88. The lowest BCUT2D eigenvalue weighted by Gasteiger charge is -2.40. The van der Waals surface area contributed by atoms with Crippen LogP contribution in [0.5, 0.6) is 0 Å². The molecule has 2 heterocycles. The van der Waals surface area contributed by atoms with E-state index in [1.165, 1.54) is 6.08 Å². The number of hydrogen-bond acceptors (Lipinski definition) is 3. The largest absolute Gasteiger partial charge is 0.377 e. The first kappa shape index (κ1) is 14.3. The van der Waals surface area contributed by atoms with Crippen LogP contribution in [0.1, 0.15) is 18.5 Å². The van der Waals surface area contributed by atoms with Crippen LogP contribution in [-0.4, -0.2) is 35.0 Å². The van der Waals surface area contributed by atoms with Crippen molar-refractivity contribution >= 4 is 29.1 Å². The zero-order chi connectivity index (χ0) is 14.0. The number of amides is 1. The number of rotatable bonds is 2. The van der Waals surface area contributed by atoms with Crippen LogP contribution in [0.15, 0.2) is 24.8 Å². The number of aromatic nitrogens is 1. The molecule has 1 saturated heterocycles. The first-order chi connectivity index (χ1) is 9.02. The molecule has 6 heteroatoms. The maximum atomic E-state index is 12.0. The predicted molar refractivity (Wildman–Crippen MR) is 74.3 cm³/mol. The van der Waals surface area contributed by atoms with Crippen LogP contribution in [0.4, 0.5) is 0 Å². The molecule has 2 rings (SSSR count). The Kier molecular flexibility index (Phi) is 4.45. The molecule has 19 heavy (non-hydrogen) atoms. The van der Waals surface area contributed by atoms with Gasteiger partial charge < -0.3 is 9.64 Å². The van der Waals surface area contributed by atoms with E-state index in [0.29, 0.717) is 23.5 Å². The van der Waals surface area contributed by atoms with Gasteiger partial charge in [0.2, 0.25) is 5.91 Å². The van der Waals surface area contributed by atoms with Gasteiger partial charge in [0.25, 0.3) is 0 Å². The molecule has 0 unspecified atom stereocenters. The number of carbonyl (C=O) groups excluding carboxylic acids is 1. The molecule has 4 nitrogen and oxygen atoms in total. The third-order valence-electron chi connectivity index (χ3n) is 3.04. The van der Waals surface area contributed by atoms with Crippen LogP contribution in [0.3, 0.4) is 0 Å². The van der Waals surface area contributed by atoms with Crippen molar-refractivity contribution in [2.75, 3.05) is 13.2 Å². The van der Waals surface area contributed by atoms with Gasteiger partial charge in [-0.2, -0.15) is 0 Å². The number of morpholine rings is 1. The highest BCUT2D eigenvalue weighted by molar-refractivity contribution is 6.32. The van der Waals surface area contributed by atoms with Crippen LogP contribution < -0.4 is 0 Å². The van der Waals surface area contributed by atoms with E-state index in [1.807, 2.05) is 6.92 Å². The summed E-state index contributed by atoms with van der Waals surface area (Å²) in [6, 6.07) is 3.13. The van der Waals surface area contributed by atoms with E-state index in [9.17, 15) is 4.79 Å². The Morgan fingerprint density at radius 1 is 1.47 bits per heavy atom. The fourth-order valence-corrected chi connectivity index (χ4v) is 2.70. The van der Waals surface area contributed by atoms with Crippen LogP contribution in [0.25, 0.3) is 0 Å². The van der Waals surface area contributed by atoms with Gasteiger partial charge in [0.05, 0.1) is 25.3 Å². The Morgan fingerprint density at radius 3 is 2.68 bits per heavy atom. The number of carbonyl (C=O) groups is 1. The average Bonchev–Trinajstić information content (AvgIpc) is 2.36. The predicted octanol–water partition coefficient (Wildman–Crippen LogP) is 2.86. The Labute approximate surface area is 122 Å². The van der Waals surface area contributed by atoms with Crippen LogP contribution >= 0.6 is 23.2 Å². The number of ether oxygens (including phenoxy) is 1. The molecule has 2 atom stereocenters. The molecule has 0 N–H and O–H groups in total. The molecule has 0 aromatic carbocycles. The van der Waals surface area contributed by atoms with Gasteiger partial charge in [0.1, 0.15) is 10.3 Å². The van der Waals surface area contributed by atoms with Crippen molar-refractivity contribution in [3.8, 4) is 0 Å². The Bertz CT molecular complexity index is 487. The second-order valence-electron chi connectivity index (χ2n) is 4.40. The van der Waals surface area contributed by atoms with Crippen molar-refractivity contribution in [3.05, 3.63) is 40.7 Å². The standard InChI is InChI=1S/C13H14Cl2N2O2/c1-3-13(18)17-8(2)6-19-7-10(17)9-4-11(14)16-12(15)5-9/h3-5,8,10H,1,6-7H2,2H3/t8-,10+/m1/s1. The number of halogens is 2. The summed E-state index contributed by atoms with van der Waals surface area (Å²) >= 11 is 11.8. The number of hydrogen-bond donors (Lipinski definition) is 0. The molecule has 1 amide bonds. The summed E-state index contributed by atoms with van der Waals surface area (Å²) in [5.41, 5.74) is 0.812. The molecule has 1 aromatic rings. The molecule has 0 saturated carbocycles. The van der Waals surface area contributed by atoms with Crippen molar-refractivity contribution in [3.63, 3.8) is 0 Å². The maximum Gasteiger partial charge on any atom is 0.246 e. The highest BCUT2D eigenvalue weighted by Gasteiger charge is 2.32. The van der Waals surface area contributed by atoms with Gasteiger partial charge in [-0.3, -0.25) is 4.79 Å². The Morgan fingerprint density at radius 2 is 2.11 bits per heavy atom. The fourth-order valence-electron chi connectivity index (χ4n) is 2.23. The lowest BCUT2D eigenvalue weighted by atomic mass is 10.0. The highest BCUT2D eigenvalue weighted by atomic mass is 35.5. The molecule has 1 fully saturated rings. The third kappa shape index (κ3) is 3.08. The molecule has 0 radical (unpaired) electrons. The van der Waals surface area contributed by atoms with E-state index in [2.05, 4.69) is 11.6 Å². The number of pyridine rings is 1. The first-order valence-corrected chi connectivity index (χ1v) is 6.64. The van der Waals surface area contributed by atoms with Gasteiger partial charge in [-0.25, -0.2) is 4.98 Å². The third-order valence-corrected chi connectivity index (χ3v) is 3.43. The Balaban J connectivity index is 2.38. The van der Waals surface area contributed by atoms with Crippen molar-refractivity contribution < 1.29 is 9.53 Å². The molecule has 0 bridgehead atoms. The van der Waals surface area contributed by atoms with Gasteiger partial charge in [-0.05, 0) is 30.7 Å². The van der Waals surface area contributed by atoms with E-state index in [-0.39, 0.29) is 18.0 Å². The highest BCUT2D eigenvalue weighted by Crippen LogP contribution is 2.30. The second-order valence-corrected chi connectivity index (χ2v) is 5.17. The average molecular weight is 301 g/mol. The summed E-state index contributed by atoms with van der Waals surface area (Å²) in [6.45, 7) is 6.37. The summed E-state index contributed by atoms with van der Waals surface area (Å²) in [7, 11) is 0. The minimum absolute atomic E-state index is 0.0324. The van der Waals surface area contributed by atoms with Gasteiger partial charge in [-0.15, -0.1) is 0 Å². The summed E-state index contributed by atoms with van der Waals surface area (Å²) in [5.74, 6) is -0.134. The molecular weight excluding hydrogens is 287 g/mol. The maximum absolute atomic E-state index is 12.0. The molecule has 102 valence electrons. The van der Waals surface area contributed by atoms with E-state index >= 15 is 0 Å². The van der Waals surface area contributed by atoms with Crippen LogP contribution in [0.2, 0.25) is 10.3 Å². The molecule has 1 aliphatic heterocycles. The molecular formula is C13H14Cl2N2O2. The molecule has 1 aromatic heterocycles. The lowest BCUT2D eigenvalue weighted by Crippen LogP contribution is -2.48. The van der Waals surface area contributed by atoms with E-state index in [4.69, 9.17) is 27.9 Å². The summed E-state index contributed by atoms with van der Waals surface area (Å²) in [6.07, 6.45) is 1.30. The van der Waals surface area contributed by atoms with Gasteiger partial charge in [0, 0.05) is 0 Å². The zero-order valence-electron chi connectivity index (χ0n) is 10.5. The quantitative estimate of drug-likeness (QED) is 0.623. The topological polar surface area (TPSA) is 42.4 Å². The van der Waals surface area contributed by atoms with Crippen molar-refractivity contribution in [1.82, 2.24) is 9.88 Å². The number of nitrogens with zero attached hydrogens (tertiary/aromatic N) is 2. The van der Waals surface area contributed by atoms with E-state index in [1.54, 1.807) is 17.0 Å².